The van der Waals surface area contributed by atoms with Crippen LogP contribution < -0.4 is 5.32 Å². The van der Waals surface area contributed by atoms with E-state index in [1.165, 1.54) is 17.5 Å². The number of nitrogens with zero attached hydrogens (tertiary/aromatic N) is 1. The molecule has 1 atom stereocenters. The number of piperidine rings is 1. The Labute approximate surface area is 137 Å². The fourth-order valence-corrected chi connectivity index (χ4v) is 4.69. The van der Waals surface area contributed by atoms with E-state index in [-0.39, 0.29) is 16.4 Å². The lowest BCUT2D eigenvalue weighted by molar-refractivity contribution is 0.0596. The van der Waals surface area contributed by atoms with Gasteiger partial charge in [0.25, 0.3) is 0 Å². The third kappa shape index (κ3) is 3.91. The lowest BCUT2D eigenvalue weighted by Crippen LogP contribution is -2.42. The van der Waals surface area contributed by atoms with Gasteiger partial charge in [-0.05, 0) is 51.4 Å². The maximum Gasteiger partial charge on any atom is 0.339 e. The van der Waals surface area contributed by atoms with Gasteiger partial charge in [0.05, 0.1) is 17.6 Å². The lowest BCUT2D eigenvalue weighted by Gasteiger charge is -2.32. The molecule has 0 spiro atoms. The summed E-state index contributed by atoms with van der Waals surface area (Å²) < 4.78 is 32.2. The van der Waals surface area contributed by atoms with Crippen LogP contribution in [-0.2, 0) is 14.8 Å². The van der Waals surface area contributed by atoms with Gasteiger partial charge >= 0.3 is 5.97 Å². The Morgan fingerprint density at radius 3 is 2.83 bits per heavy atom. The molecule has 1 heterocycles. The normalized spacial score (nSPS) is 19.5. The molecular weight excluding hydrogens is 316 g/mol. The molecular formula is C16H24N2O4S. The topological polar surface area (TPSA) is 75.7 Å². The standard InChI is InChI=1S/C16H24N2O4S/c1-12-6-7-15(14(9-12)16(19)22-3)23(20,21)18-8-4-5-13(11-18)10-17-2/h6-7,9,13,17H,4-5,8,10-11H2,1-3H3. The number of rotatable bonds is 5. The van der Waals surface area contributed by atoms with E-state index in [2.05, 4.69) is 5.32 Å². The first-order valence-corrected chi connectivity index (χ1v) is 9.18. The maximum absolute atomic E-state index is 13.0. The van der Waals surface area contributed by atoms with Crippen molar-refractivity contribution in [2.45, 2.75) is 24.7 Å². The summed E-state index contributed by atoms with van der Waals surface area (Å²) in [5.41, 5.74) is 0.916. The number of hydrogen-bond acceptors (Lipinski definition) is 5. The molecule has 7 heteroatoms. The van der Waals surface area contributed by atoms with Crippen molar-refractivity contribution in [1.82, 2.24) is 9.62 Å². The van der Waals surface area contributed by atoms with E-state index in [1.54, 1.807) is 12.1 Å². The molecule has 0 aromatic heterocycles. The SMILES string of the molecule is CNCC1CCCN(S(=O)(=O)c2ccc(C)cc2C(=O)OC)C1. The average molecular weight is 340 g/mol. The van der Waals surface area contributed by atoms with Gasteiger partial charge in [0.15, 0.2) is 0 Å². The minimum Gasteiger partial charge on any atom is -0.465 e. The highest BCUT2D eigenvalue weighted by molar-refractivity contribution is 7.89. The summed E-state index contributed by atoms with van der Waals surface area (Å²) in [5, 5.41) is 3.10. The monoisotopic (exact) mass is 340 g/mol. The second-order valence-electron chi connectivity index (χ2n) is 5.92. The second-order valence-corrected chi connectivity index (χ2v) is 7.83. The van der Waals surface area contributed by atoms with Crippen LogP contribution in [-0.4, -0.2) is 52.5 Å². The molecule has 0 radical (unpaired) electrons. The van der Waals surface area contributed by atoms with E-state index in [0.717, 1.165) is 24.9 Å². The summed E-state index contributed by atoms with van der Waals surface area (Å²) in [5.74, 6) is -0.341. The molecule has 1 N–H and O–H groups in total. The molecule has 1 aliphatic rings. The van der Waals surface area contributed by atoms with Gasteiger partial charge in [0.1, 0.15) is 0 Å². The van der Waals surface area contributed by atoms with Crippen molar-refractivity contribution < 1.29 is 17.9 Å². The largest absolute Gasteiger partial charge is 0.465 e. The number of sulfonamides is 1. The van der Waals surface area contributed by atoms with Crippen molar-refractivity contribution in [2.24, 2.45) is 5.92 Å². The molecule has 1 aromatic rings. The number of hydrogen-bond donors (Lipinski definition) is 1. The quantitative estimate of drug-likeness (QED) is 0.820. The van der Waals surface area contributed by atoms with Gasteiger partial charge < -0.3 is 10.1 Å². The first-order chi connectivity index (χ1) is 10.9. The molecule has 1 aliphatic heterocycles. The van der Waals surface area contributed by atoms with Crippen LogP contribution in [0, 0.1) is 12.8 Å². The van der Waals surface area contributed by atoms with Gasteiger partial charge in [-0.25, -0.2) is 13.2 Å². The molecule has 0 aliphatic carbocycles. The molecule has 0 amide bonds. The summed E-state index contributed by atoms with van der Waals surface area (Å²) in [7, 11) is -0.592. The molecule has 1 aromatic carbocycles. The third-order valence-corrected chi connectivity index (χ3v) is 6.06. The van der Waals surface area contributed by atoms with Gasteiger partial charge in [0, 0.05) is 13.1 Å². The smallest absolute Gasteiger partial charge is 0.339 e. The van der Waals surface area contributed by atoms with E-state index < -0.39 is 16.0 Å². The van der Waals surface area contributed by atoms with E-state index in [0.29, 0.717) is 13.1 Å². The Morgan fingerprint density at radius 2 is 2.17 bits per heavy atom. The number of esters is 1. The van der Waals surface area contributed by atoms with Gasteiger partial charge in [-0.2, -0.15) is 4.31 Å². The zero-order valence-electron chi connectivity index (χ0n) is 13.8. The number of ether oxygens (including phenoxy) is 1. The van der Waals surface area contributed by atoms with Crippen molar-refractivity contribution in [3.05, 3.63) is 29.3 Å². The average Bonchev–Trinajstić information content (AvgIpc) is 2.54. The molecule has 1 unspecified atom stereocenters. The van der Waals surface area contributed by atoms with Crippen LogP contribution in [0.2, 0.25) is 0 Å². The number of aryl methyl sites for hydroxylation is 1. The zero-order valence-corrected chi connectivity index (χ0v) is 14.6. The molecule has 6 nitrogen and oxygen atoms in total. The molecule has 128 valence electrons. The van der Waals surface area contributed by atoms with Crippen molar-refractivity contribution in [3.63, 3.8) is 0 Å². The van der Waals surface area contributed by atoms with Gasteiger partial charge in [0.2, 0.25) is 10.0 Å². The molecule has 2 rings (SSSR count). The van der Waals surface area contributed by atoms with E-state index in [9.17, 15) is 13.2 Å². The first-order valence-electron chi connectivity index (χ1n) is 7.74. The number of carbonyl (C=O) groups is 1. The lowest BCUT2D eigenvalue weighted by atomic mass is 10.00. The molecule has 0 saturated carbocycles. The van der Waals surface area contributed by atoms with Crippen molar-refractivity contribution in [1.29, 1.82) is 0 Å². The molecule has 1 fully saturated rings. The summed E-state index contributed by atoms with van der Waals surface area (Å²) in [6, 6.07) is 4.76. The van der Waals surface area contributed by atoms with Crippen LogP contribution in [0.15, 0.2) is 23.1 Å². The molecule has 23 heavy (non-hydrogen) atoms. The Kier molecular flexibility index (Phi) is 5.78. The molecule has 0 bridgehead atoms. The minimum absolute atomic E-state index is 0.0278. The van der Waals surface area contributed by atoms with Gasteiger partial charge in [-0.15, -0.1) is 0 Å². The fourth-order valence-electron chi connectivity index (χ4n) is 2.98. The van der Waals surface area contributed by atoms with E-state index >= 15 is 0 Å². The summed E-state index contributed by atoms with van der Waals surface area (Å²) in [6.07, 6.45) is 1.83. The number of methoxy groups -OCH3 is 1. The van der Waals surface area contributed by atoms with Crippen LogP contribution in [0.3, 0.4) is 0 Å². The predicted molar refractivity (Wildman–Crippen MR) is 87.9 cm³/mol. The number of benzene rings is 1. The first kappa shape index (κ1) is 17.9. The van der Waals surface area contributed by atoms with E-state index in [4.69, 9.17) is 4.74 Å². The number of carbonyl (C=O) groups excluding carboxylic acids is 1. The fraction of sp³-hybridized carbons (Fsp3) is 0.562. The highest BCUT2D eigenvalue weighted by Crippen LogP contribution is 2.26. The molecule has 1 saturated heterocycles. The van der Waals surface area contributed by atoms with Crippen LogP contribution in [0.25, 0.3) is 0 Å². The number of nitrogens with one attached hydrogen (secondary N) is 1. The van der Waals surface area contributed by atoms with Gasteiger partial charge in [-0.3, -0.25) is 0 Å². The Bertz CT molecular complexity index is 671. The highest BCUT2D eigenvalue weighted by Gasteiger charge is 2.33. The van der Waals surface area contributed by atoms with Crippen molar-refractivity contribution >= 4 is 16.0 Å². The van der Waals surface area contributed by atoms with Crippen molar-refractivity contribution in [2.75, 3.05) is 33.8 Å². The Morgan fingerprint density at radius 1 is 1.43 bits per heavy atom. The Hall–Kier alpha value is -1.44. The van der Waals surface area contributed by atoms with Gasteiger partial charge in [-0.1, -0.05) is 11.6 Å². The van der Waals surface area contributed by atoms with E-state index in [1.807, 2.05) is 14.0 Å². The zero-order chi connectivity index (χ0) is 17.0. The predicted octanol–water partition coefficient (Wildman–Crippen LogP) is 1.40. The second kappa shape index (κ2) is 7.42. The Balaban J connectivity index is 2.38. The summed E-state index contributed by atoms with van der Waals surface area (Å²) in [4.78, 5) is 12.0. The summed E-state index contributed by atoms with van der Waals surface area (Å²) in [6.45, 7) is 3.55. The van der Waals surface area contributed by atoms with Crippen LogP contribution in [0.1, 0.15) is 28.8 Å². The van der Waals surface area contributed by atoms with Crippen LogP contribution in [0.4, 0.5) is 0 Å². The maximum atomic E-state index is 13.0. The highest BCUT2D eigenvalue weighted by atomic mass is 32.2. The van der Waals surface area contributed by atoms with Crippen molar-refractivity contribution in [3.8, 4) is 0 Å². The minimum atomic E-state index is -3.71. The van der Waals surface area contributed by atoms with Crippen LogP contribution in [0.5, 0.6) is 0 Å². The summed E-state index contributed by atoms with van der Waals surface area (Å²) >= 11 is 0. The third-order valence-electron chi connectivity index (χ3n) is 4.13. The van der Waals surface area contributed by atoms with Crippen LogP contribution >= 0.6 is 0 Å².